The number of aryl methyl sites for hydroxylation is 1. The minimum atomic E-state index is -0.680. The first kappa shape index (κ1) is 10.5. The quantitative estimate of drug-likeness (QED) is 0.851. The third kappa shape index (κ3) is 1.75. The van der Waals surface area contributed by atoms with Gasteiger partial charge in [-0.05, 0) is 16.7 Å². The number of imidazole rings is 1. The Bertz CT molecular complexity index is 548. The van der Waals surface area contributed by atoms with Crippen molar-refractivity contribution in [2.45, 2.75) is 19.3 Å². The molecule has 0 radical (unpaired) electrons. The molecule has 1 atom stereocenters. The summed E-state index contributed by atoms with van der Waals surface area (Å²) < 4.78 is 7.19. The maximum absolute atomic E-state index is 10.3. The number of hydrogen-bond acceptors (Lipinski definition) is 3. The molecule has 1 aromatic heterocycles. The number of benzene rings is 1. The van der Waals surface area contributed by atoms with Crippen LogP contribution in [-0.2, 0) is 25.0 Å². The fraction of sp³-hybridized carbons (Fsp3) is 0.308. The molecule has 4 nitrogen and oxygen atoms in total. The number of rotatable bonds is 2. The van der Waals surface area contributed by atoms with E-state index in [2.05, 4.69) is 4.98 Å². The van der Waals surface area contributed by atoms with Gasteiger partial charge in [0.25, 0.3) is 0 Å². The zero-order valence-corrected chi connectivity index (χ0v) is 9.63. The van der Waals surface area contributed by atoms with Crippen LogP contribution in [0.5, 0.6) is 0 Å². The second kappa shape index (κ2) is 3.98. The van der Waals surface area contributed by atoms with Crippen LogP contribution in [-0.4, -0.2) is 14.7 Å². The molecule has 0 amide bonds. The van der Waals surface area contributed by atoms with Crippen LogP contribution in [0.25, 0.3) is 0 Å². The zero-order valence-electron chi connectivity index (χ0n) is 9.63. The minimum absolute atomic E-state index is 0.635. The van der Waals surface area contributed by atoms with Gasteiger partial charge in [-0.3, -0.25) is 0 Å². The smallest absolute Gasteiger partial charge is 0.142 e. The van der Waals surface area contributed by atoms with Crippen LogP contribution in [0.15, 0.2) is 30.6 Å². The van der Waals surface area contributed by atoms with Gasteiger partial charge in [0.2, 0.25) is 0 Å². The summed E-state index contributed by atoms with van der Waals surface area (Å²) in [5.74, 6) is 0.656. The summed E-state index contributed by atoms with van der Waals surface area (Å²) in [6.45, 7) is 1.31. The average molecular weight is 230 g/mol. The summed E-state index contributed by atoms with van der Waals surface area (Å²) in [7, 11) is 1.88. The van der Waals surface area contributed by atoms with Crippen LogP contribution in [0.2, 0.25) is 0 Å². The van der Waals surface area contributed by atoms with E-state index < -0.39 is 6.10 Å². The third-order valence-corrected chi connectivity index (χ3v) is 3.16. The van der Waals surface area contributed by atoms with Crippen molar-refractivity contribution in [2.75, 3.05) is 0 Å². The van der Waals surface area contributed by atoms with Crippen LogP contribution in [0.3, 0.4) is 0 Å². The van der Waals surface area contributed by atoms with Gasteiger partial charge in [0.05, 0.1) is 13.2 Å². The molecular formula is C13H14N2O2. The topological polar surface area (TPSA) is 47.3 Å². The molecule has 0 saturated carbocycles. The summed E-state index contributed by atoms with van der Waals surface area (Å²) in [5.41, 5.74) is 3.24. The predicted molar refractivity (Wildman–Crippen MR) is 62.2 cm³/mol. The molecule has 1 aromatic carbocycles. The van der Waals surface area contributed by atoms with Crippen molar-refractivity contribution in [2.24, 2.45) is 7.05 Å². The van der Waals surface area contributed by atoms with Crippen LogP contribution in [0, 0.1) is 0 Å². The van der Waals surface area contributed by atoms with Crippen molar-refractivity contribution in [3.63, 3.8) is 0 Å². The average Bonchev–Trinajstić information content (AvgIpc) is 2.95. The first-order valence-corrected chi connectivity index (χ1v) is 5.60. The lowest BCUT2D eigenvalue weighted by molar-refractivity contribution is 0.134. The Balaban J connectivity index is 1.97. The van der Waals surface area contributed by atoms with Crippen molar-refractivity contribution in [3.05, 3.63) is 53.1 Å². The van der Waals surface area contributed by atoms with E-state index in [-0.39, 0.29) is 0 Å². The van der Waals surface area contributed by atoms with E-state index >= 15 is 0 Å². The summed E-state index contributed by atoms with van der Waals surface area (Å²) in [5, 5.41) is 10.3. The second-order valence-electron chi connectivity index (χ2n) is 4.32. The molecule has 0 aliphatic carbocycles. The number of aliphatic hydroxyl groups is 1. The van der Waals surface area contributed by atoms with E-state index in [0.29, 0.717) is 19.0 Å². The number of nitrogens with zero attached hydrogens (tertiary/aromatic N) is 2. The second-order valence-corrected chi connectivity index (χ2v) is 4.32. The Morgan fingerprint density at radius 2 is 2.18 bits per heavy atom. The van der Waals surface area contributed by atoms with Gasteiger partial charge >= 0.3 is 0 Å². The third-order valence-electron chi connectivity index (χ3n) is 3.16. The van der Waals surface area contributed by atoms with Gasteiger partial charge in [0, 0.05) is 19.4 Å². The molecule has 88 valence electrons. The Morgan fingerprint density at radius 1 is 1.35 bits per heavy atom. The van der Waals surface area contributed by atoms with Crippen molar-refractivity contribution < 1.29 is 9.84 Å². The number of aliphatic hydroxyl groups excluding tert-OH is 1. The Labute approximate surface area is 99.5 Å². The maximum Gasteiger partial charge on any atom is 0.142 e. The number of ether oxygens (including phenoxy) is 1. The van der Waals surface area contributed by atoms with Crippen molar-refractivity contribution in [1.29, 1.82) is 0 Å². The molecule has 0 bridgehead atoms. The fourth-order valence-electron chi connectivity index (χ4n) is 2.15. The highest BCUT2D eigenvalue weighted by atomic mass is 16.5. The largest absolute Gasteiger partial charge is 0.380 e. The normalized spacial score (nSPS) is 15.9. The molecule has 4 heteroatoms. The molecule has 3 rings (SSSR count). The highest BCUT2D eigenvalue weighted by Crippen LogP contribution is 2.26. The highest BCUT2D eigenvalue weighted by Gasteiger charge is 2.18. The lowest BCUT2D eigenvalue weighted by Gasteiger charge is -2.12. The van der Waals surface area contributed by atoms with E-state index in [1.165, 1.54) is 5.56 Å². The molecule has 17 heavy (non-hydrogen) atoms. The van der Waals surface area contributed by atoms with E-state index in [1.807, 2.05) is 36.0 Å². The highest BCUT2D eigenvalue weighted by molar-refractivity contribution is 5.35. The maximum atomic E-state index is 10.3. The molecule has 0 spiro atoms. The van der Waals surface area contributed by atoms with Gasteiger partial charge in [-0.15, -0.1) is 0 Å². The predicted octanol–water partition coefficient (Wildman–Crippen LogP) is 1.53. The molecule has 1 unspecified atom stereocenters. The van der Waals surface area contributed by atoms with Gasteiger partial charge in [0.15, 0.2) is 0 Å². The Morgan fingerprint density at radius 3 is 2.94 bits per heavy atom. The lowest BCUT2D eigenvalue weighted by Crippen LogP contribution is -2.07. The van der Waals surface area contributed by atoms with E-state index in [4.69, 9.17) is 4.74 Å². The van der Waals surface area contributed by atoms with Gasteiger partial charge in [-0.1, -0.05) is 18.2 Å². The standard InChI is InChI=1S/C13H14N2O2/c1-15-5-4-14-13(15)12(16)9-2-3-10-7-17-8-11(10)6-9/h2-6,12,16H,7-8H2,1H3. The van der Waals surface area contributed by atoms with Crippen molar-refractivity contribution in [1.82, 2.24) is 9.55 Å². The lowest BCUT2D eigenvalue weighted by atomic mass is 10.0. The molecule has 1 N–H and O–H groups in total. The minimum Gasteiger partial charge on any atom is -0.380 e. The number of aromatic nitrogens is 2. The van der Waals surface area contributed by atoms with E-state index in [1.54, 1.807) is 6.20 Å². The Hall–Kier alpha value is -1.65. The van der Waals surface area contributed by atoms with Crippen LogP contribution >= 0.6 is 0 Å². The fourth-order valence-corrected chi connectivity index (χ4v) is 2.15. The van der Waals surface area contributed by atoms with Crippen LogP contribution in [0.4, 0.5) is 0 Å². The van der Waals surface area contributed by atoms with Crippen LogP contribution < -0.4 is 0 Å². The van der Waals surface area contributed by atoms with Crippen LogP contribution in [0.1, 0.15) is 28.6 Å². The first-order chi connectivity index (χ1) is 8.25. The van der Waals surface area contributed by atoms with E-state index in [0.717, 1.165) is 11.1 Å². The Kier molecular flexibility index (Phi) is 2.46. The van der Waals surface area contributed by atoms with Crippen molar-refractivity contribution >= 4 is 0 Å². The molecule has 0 saturated heterocycles. The van der Waals surface area contributed by atoms with Crippen molar-refractivity contribution in [3.8, 4) is 0 Å². The summed E-state index contributed by atoms with van der Waals surface area (Å²) in [4.78, 5) is 4.17. The summed E-state index contributed by atoms with van der Waals surface area (Å²) in [6.07, 6.45) is 2.84. The van der Waals surface area contributed by atoms with E-state index in [9.17, 15) is 5.11 Å². The monoisotopic (exact) mass is 230 g/mol. The van der Waals surface area contributed by atoms with Gasteiger partial charge in [0.1, 0.15) is 11.9 Å². The summed E-state index contributed by atoms with van der Waals surface area (Å²) in [6, 6.07) is 5.96. The molecule has 1 aliphatic heterocycles. The molecular weight excluding hydrogens is 216 g/mol. The molecule has 0 fully saturated rings. The van der Waals surface area contributed by atoms with Gasteiger partial charge < -0.3 is 14.4 Å². The SMILES string of the molecule is Cn1ccnc1C(O)c1ccc2c(c1)COC2. The number of fused-ring (bicyclic) bond motifs is 1. The summed E-state index contributed by atoms with van der Waals surface area (Å²) >= 11 is 0. The zero-order chi connectivity index (χ0) is 11.8. The molecule has 2 heterocycles. The molecule has 1 aliphatic rings. The molecule has 2 aromatic rings. The first-order valence-electron chi connectivity index (χ1n) is 5.60. The van der Waals surface area contributed by atoms with Gasteiger partial charge in [-0.2, -0.15) is 0 Å². The number of hydrogen-bond donors (Lipinski definition) is 1. The van der Waals surface area contributed by atoms with Gasteiger partial charge in [-0.25, -0.2) is 4.98 Å².